The Morgan fingerprint density at radius 1 is 1.40 bits per heavy atom. The lowest BCUT2D eigenvalue weighted by Gasteiger charge is -2.08. The lowest BCUT2D eigenvalue weighted by molar-refractivity contribution is 0.0692. The molecule has 0 unspecified atom stereocenters. The fraction of sp³-hybridized carbons (Fsp3) is 0.200. The quantitative estimate of drug-likeness (QED) is 0.880. The van der Waals surface area contributed by atoms with Crippen LogP contribution in [0.3, 0.4) is 0 Å². The van der Waals surface area contributed by atoms with Gasteiger partial charge >= 0.3 is 5.97 Å². The molecule has 0 saturated carbocycles. The van der Waals surface area contributed by atoms with E-state index in [2.05, 4.69) is 16.4 Å². The average Bonchev–Trinajstić information content (AvgIpc) is 2.40. The Kier molecular flexibility index (Phi) is 4.30. The fourth-order valence-corrected chi connectivity index (χ4v) is 1.93. The summed E-state index contributed by atoms with van der Waals surface area (Å²) in [6, 6.07) is 9.16. The number of aromatic nitrogens is 1. The van der Waals surface area contributed by atoms with Crippen LogP contribution in [0.2, 0.25) is 0 Å². The van der Waals surface area contributed by atoms with E-state index in [0.717, 1.165) is 11.6 Å². The van der Waals surface area contributed by atoms with E-state index in [4.69, 9.17) is 5.11 Å². The van der Waals surface area contributed by atoms with Crippen molar-refractivity contribution < 1.29 is 14.3 Å². The van der Waals surface area contributed by atoms with E-state index in [9.17, 15) is 9.18 Å². The van der Waals surface area contributed by atoms with E-state index >= 15 is 0 Å². The van der Waals surface area contributed by atoms with Crippen LogP contribution in [-0.2, 0) is 6.42 Å². The number of carbonyl (C=O) groups is 1. The number of pyridine rings is 1. The highest BCUT2D eigenvalue weighted by Crippen LogP contribution is 2.15. The summed E-state index contributed by atoms with van der Waals surface area (Å²) in [5.41, 5.74) is 1.92. The molecular formula is C15H15FN2O2. The van der Waals surface area contributed by atoms with E-state index in [-0.39, 0.29) is 11.4 Å². The average molecular weight is 274 g/mol. The molecule has 1 aromatic carbocycles. The molecule has 0 amide bonds. The van der Waals surface area contributed by atoms with Gasteiger partial charge in [0, 0.05) is 12.7 Å². The fourth-order valence-electron chi connectivity index (χ4n) is 1.93. The van der Waals surface area contributed by atoms with Gasteiger partial charge in [-0.25, -0.2) is 14.2 Å². The lowest BCUT2D eigenvalue weighted by Crippen LogP contribution is -2.11. The van der Waals surface area contributed by atoms with E-state index in [0.29, 0.717) is 13.0 Å². The van der Waals surface area contributed by atoms with E-state index in [1.165, 1.54) is 11.8 Å². The molecule has 1 heterocycles. The summed E-state index contributed by atoms with van der Waals surface area (Å²) in [5, 5.41) is 11.7. The molecule has 0 spiro atoms. The Bertz CT molecular complexity index is 629. The Labute approximate surface area is 116 Å². The minimum atomic E-state index is -1.30. The van der Waals surface area contributed by atoms with E-state index in [1.54, 1.807) is 0 Å². The van der Waals surface area contributed by atoms with Gasteiger partial charge in [-0.05, 0) is 25.0 Å². The number of halogens is 1. The molecule has 2 aromatic rings. The number of aryl methyl sites for hydroxylation is 1. The standard InChI is InChI=1S/C15H15FN2O2/c1-10-3-2-4-11(9-10)5-7-17-14-13(16)12(15(19)20)6-8-18-14/h2-4,6,8-9H,5,7H2,1H3,(H,17,18)(H,19,20). The second-order valence-electron chi connectivity index (χ2n) is 4.49. The maximum Gasteiger partial charge on any atom is 0.338 e. The first-order chi connectivity index (χ1) is 9.58. The van der Waals surface area contributed by atoms with Crippen LogP contribution in [0.5, 0.6) is 0 Å². The maximum atomic E-state index is 13.8. The number of nitrogens with one attached hydrogen (secondary N) is 1. The van der Waals surface area contributed by atoms with Gasteiger partial charge in [0.15, 0.2) is 11.6 Å². The number of hydrogen-bond donors (Lipinski definition) is 2. The third-order valence-corrected chi connectivity index (χ3v) is 2.91. The second-order valence-corrected chi connectivity index (χ2v) is 4.49. The third kappa shape index (κ3) is 3.32. The second kappa shape index (κ2) is 6.14. The molecule has 0 atom stereocenters. The molecule has 1 aromatic heterocycles. The van der Waals surface area contributed by atoms with Gasteiger partial charge in [-0.15, -0.1) is 0 Å². The zero-order chi connectivity index (χ0) is 14.5. The first kappa shape index (κ1) is 14.0. The molecule has 0 aliphatic heterocycles. The van der Waals surface area contributed by atoms with E-state index in [1.807, 2.05) is 25.1 Å². The highest BCUT2D eigenvalue weighted by molar-refractivity contribution is 5.88. The van der Waals surface area contributed by atoms with Crippen LogP contribution in [0.1, 0.15) is 21.5 Å². The number of aromatic carboxylic acids is 1. The summed E-state index contributed by atoms with van der Waals surface area (Å²) < 4.78 is 13.8. The molecule has 2 rings (SSSR count). The zero-order valence-corrected chi connectivity index (χ0v) is 11.1. The normalized spacial score (nSPS) is 10.3. The highest BCUT2D eigenvalue weighted by Gasteiger charge is 2.14. The van der Waals surface area contributed by atoms with E-state index < -0.39 is 11.8 Å². The topological polar surface area (TPSA) is 62.2 Å². The Morgan fingerprint density at radius 2 is 2.20 bits per heavy atom. The number of carboxylic acid groups (broad SMARTS) is 1. The van der Waals surface area contributed by atoms with Crippen LogP contribution >= 0.6 is 0 Å². The number of rotatable bonds is 5. The van der Waals surface area contributed by atoms with Crippen LogP contribution in [0, 0.1) is 12.7 Å². The van der Waals surface area contributed by atoms with Gasteiger partial charge in [-0.3, -0.25) is 0 Å². The van der Waals surface area contributed by atoms with Gasteiger partial charge in [-0.1, -0.05) is 29.8 Å². The first-order valence-corrected chi connectivity index (χ1v) is 6.25. The molecule has 0 radical (unpaired) electrons. The van der Waals surface area contributed by atoms with Crippen molar-refractivity contribution in [2.45, 2.75) is 13.3 Å². The van der Waals surface area contributed by atoms with Gasteiger partial charge < -0.3 is 10.4 Å². The molecule has 4 nitrogen and oxygen atoms in total. The minimum Gasteiger partial charge on any atom is -0.478 e. The molecule has 0 aliphatic carbocycles. The van der Waals surface area contributed by atoms with Crippen LogP contribution in [0.4, 0.5) is 10.2 Å². The monoisotopic (exact) mass is 274 g/mol. The predicted octanol–water partition coefficient (Wildman–Crippen LogP) is 2.88. The van der Waals surface area contributed by atoms with Crippen molar-refractivity contribution in [1.29, 1.82) is 0 Å². The maximum absolute atomic E-state index is 13.8. The summed E-state index contributed by atoms with van der Waals surface area (Å²) in [5.74, 6) is -2.16. The van der Waals surface area contributed by atoms with Crippen molar-refractivity contribution >= 4 is 11.8 Å². The zero-order valence-electron chi connectivity index (χ0n) is 11.1. The van der Waals surface area contributed by atoms with Crippen molar-refractivity contribution in [1.82, 2.24) is 4.98 Å². The molecule has 20 heavy (non-hydrogen) atoms. The molecule has 0 aliphatic rings. The van der Waals surface area contributed by atoms with Crippen LogP contribution in [0.15, 0.2) is 36.5 Å². The van der Waals surface area contributed by atoms with Crippen molar-refractivity contribution in [3.05, 3.63) is 59.0 Å². The Morgan fingerprint density at radius 3 is 2.90 bits per heavy atom. The van der Waals surface area contributed by atoms with Crippen LogP contribution < -0.4 is 5.32 Å². The summed E-state index contributed by atoms with van der Waals surface area (Å²) >= 11 is 0. The van der Waals surface area contributed by atoms with Crippen molar-refractivity contribution in [3.8, 4) is 0 Å². The molecule has 0 fully saturated rings. The Balaban J connectivity index is 2.01. The number of anilines is 1. The number of nitrogens with zero attached hydrogens (tertiary/aromatic N) is 1. The Hall–Kier alpha value is -2.43. The number of benzene rings is 1. The SMILES string of the molecule is Cc1cccc(CCNc2nccc(C(=O)O)c2F)c1. The van der Waals surface area contributed by atoms with Gasteiger partial charge in [-0.2, -0.15) is 0 Å². The smallest absolute Gasteiger partial charge is 0.338 e. The van der Waals surface area contributed by atoms with Crippen molar-refractivity contribution in [3.63, 3.8) is 0 Å². The first-order valence-electron chi connectivity index (χ1n) is 6.25. The van der Waals surface area contributed by atoms with Crippen molar-refractivity contribution in [2.24, 2.45) is 0 Å². The van der Waals surface area contributed by atoms with Gasteiger partial charge in [0.25, 0.3) is 0 Å². The summed E-state index contributed by atoms with van der Waals surface area (Å²) in [6.07, 6.45) is 1.99. The largest absolute Gasteiger partial charge is 0.478 e. The third-order valence-electron chi connectivity index (χ3n) is 2.91. The molecular weight excluding hydrogens is 259 g/mol. The highest BCUT2D eigenvalue weighted by atomic mass is 19.1. The molecule has 104 valence electrons. The molecule has 0 bridgehead atoms. The van der Waals surface area contributed by atoms with Crippen molar-refractivity contribution in [2.75, 3.05) is 11.9 Å². The summed E-state index contributed by atoms with van der Waals surface area (Å²) in [7, 11) is 0. The number of carboxylic acids is 1. The summed E-state index contributed by atoms with van der Waals surface area (Å²) in [4.78, 5) is 14.6. The molecule has 5 heteroatoms. The van der Waals surface area contributed by atoms with Gasteiger partial charge in [0.1, 0.15) is 5.56 Å². The summed E-state index contributed by atoms with van der Waals surface area (Å²) in [6.45, 7) is 2.49. The van der Waals surface area contributed by atoms with Gasteiger partial charge in [0.05, 0.1) is 0 Å². The minimum absolute atomic E-state index is 0.0300. The van der Waals surface area contributed by atoms with Crippen LogP contribution in [-0.4, -0.2) is 22.6 Å². The predicted molar refractivity (Wildman–Crippen MR) is 74.5 cm³/mol. The molecule has 0 saturated heterocycles. The lowest BCUT2D eigenvalue weighted by atomic mass is 10.1. The molecule has 2 N–H and O–H groups in total. The van der Waals surface area contributed by atoms with Gasteiger partial charge in [0.2, 0.25) is 0 Å². The number of hydrogen-bond acceptors (Lipinski definition) is 3. The van der Waals surface area contributed by atoms with Crippen LogP contribution in [0.25, 0.3) is 0 Å².